The molecule has 0 radical (unpaired) electrons. The maximum Gasteiger partial charge on any atom is 0.416 e. The van der Waals surface area contributed by atoms with E-state index in [-0.39, 0.29) is 12.0 Å². The SMILES string of the molecule is O=C(Nc1ccccc1Cc1nc(-c2ccncc2)no1)c1ccc(C(F)(F)F)cc1. The molecule has 0 unspecified atom stereocenters. The Labute approximate surface area is 174 Å². The molecule has 2 aromatic carbocycles. The number of carbonyl (C=O) groups is 1. The molecule has 0 saturated carbocycles. The first-order chi connectivity index (χ1) is 14.9. The van der Waals surface area contributed by atoms with Crippen LogP contribution in [0, 0.1) is 0 Å². The van der Waals surface area contributed by atoms with Gasteiger partial charge in [0, 0.05) is 29.2 Å². The third kappa shape index (κ3) is 4.77. The van der Waals surface area contributed by atoms with Crippen molar-refractivity contribution >= 4 is 11.6 Å². The first-order valence-corrected chi connectivity index (χ1v) is 9.19. The average Bonchev–Trinajstić information content (AvgIpc) is 3.24. The summed E-state index contributed by atoms with van der Waals surface area (Å²) in [5.41, 5.74) is 1.27. The predicted octanol–water partition coefficient (Wildman–Crippen LogP) is 4.99. The smallest absolute Gasteiger partial charge is 0.339 e. The first-order valence-electron chi connectivity index (χ1n) is 9.19. The number of hydrogen-bond donors (Lipinski definition) is 1. The number of para-hydroxylation sites is 1. The van der Waals surface area contributed by atoms with Crippen LogP contribution < -0.4 is 5.32 Å². The number of halogens is 3. The number of nitrogens with one attached hydrogen (secondary N) is 1. The van der Waals surface area contributed by atoms with Crippen molar-refractivity contribution in [3.05, 3.63) is 95.6 Å². The second-order valence-electron chi connectivity index (χ2n) is 6.61. The lowest BCUT2D eigenvalue weighted by Crippen LogP contribution is -2.14. The molecule has 0 aliphatic heterocycles. The fourth-order valence-corrected chi connectivity index (χ4v) is 2.91. The third-order valence-corrected chi connectivity index (χ3v) is 4.49. The molecule has 0 atom stereocenters. The summed E-state index contributed by atoms with van der Waals surface area (Å²) in [6.07, 6.45) is -0.947. The minimum Gasteiger partial charge on any atom is -0.339 e. The molecule has 156 valence electrons. The number of nitrogens with zero attached hydrogens (tertiary/aromatic N) is 3. The Balaban J connectivity index is 1.50. The zero-order valence-electron chi connectivity index (χ0n) is 15.9. The number of aromatic nitrogens is 3. The number of pyridine rings is 1. The molecular weight excluding hydrogens is 409 g/mol. The van der Waals surface area contributed by atoms with E-state index >= 15 is 0 Å². The van der Waals surface area contributed by atoms with Crippen molar-refractivity contribution in [3.8, 4) is 11.4 Å². The number of alkyl halides is 3. The number of anilines is 1. The second kappa shape index (κ2) is 8.39. The number of amides is 1. The molecule has 1 N–H and O–H groups in total. The lowest BCUT2D eigenvalue weighted by Gasteiger charge is -2.11. The number of carbonyl (C=O) groups excluding carboxylic acids is 1. The van der Waals surface area contributed by atoms with E-state index in [1.165, 1.54) is 0 Å². The van der Waals surface area contributed by atoms with E-state index in [9.17, 15) is 18.0 Å². The normalized spacial score (nSPS) is 11.3. The Bertz CT molecular complexity index is 1190. The lowest BCUT2D eigenvalue weighted by molar-refractivity contribution is -0.137. The highest BCUT2D eigenvalue weighted by Gasteiger charge is 2.30. The summed E-state index contributed by atoms with van der Waals surface area (Å²) in [5, 5.41) is 6.68. The van der Waals surface area contributed by atoms with Gasteiger partial charge in [0.1, 0.15) is 0 Å². The molecule has 0 fully saturated rings. The van der Waals surface area contributed by atoms with E-state index in [0.717, 1.165) is 29.8 Å². The van der Waals surface area contributed by atoms with Gasteiger partial charge in [-0.05, 0) is 48.0 Å². The molecule has 4 aromatic rings. The summed E-state index contributed by atoms with van der Waals surface area (Å²) < 4.78 is 43.5. The Morgan fingerprint density at radius 1 is 0.968 bits per heavy atom. The highest BCUT2D eigenvalue weighted by Crippen LogP contribution is 2.29. The summed E-state index contributed by atoms with van der Waals surface area (Å²) in [7, 11) is 0. The van der Waals surface area contributed by atoms with Gasteiger partial charge in [-0.3, -0.25) is 9.78 Å². The van der Waals surface area contributed by atoms with Crippen LogP contribution in [0.1, 0.15) is 27.4 Å². The minimum absolute atomic E-state index is 0.112. The third-order valence-electron chi connectivity index (χ3n) is 4.49. The van der Waals surface area contributed by atoms with Gasteiger partial charge >= 0.3 is 6.18 Å². The van der Waals surface area contributed by atoms with Crippen molar-refractivity contribution in [2.75, 3.05) is 5.32 Å². The van der Waals surface area contributed by atoms with Crippen LogP contribution in [0.25, 0.3) is 11.4 Å². The van der Waals surface area contributed by atoms with Gasteiger partial charge < -0.3 is 9.84 Å². The Morgan fingerprint density at radius 3 is 2.39 bits per heavy atom. The number of rotatable bonds is 5. The molecule has 0 bridgehead atoms. The van der Waals surface area contributed by atoms with Crippen LogP contribution in [0.5, 0.6) is 0 Å². The highest BCUT2D eigenvalue weighted by molar-refractivity contribution is 6.04. The molecule has 31 heavy (non-hydrogen) atoms. The van der Waals surface area contributed by atoms with Gasteiger partial charge in [-0.1, -0.05) is 23.4 Å². The van der Waals surface area contributed by atoms with Crippen molar-refractivity contribution < 1.29 is 22.5 Å². The van der Waals surface area contributed by atoms with Gasteiger partial charge in [-0.2, -0.15) is 18.2 Å². The van der Waals surface area contributed by atoms with Crippen molar-refractivity contribution in [1.29, 1.82) is 0 Å². The Kier molecular flexibility index (Phi) is 5.48. The van der Waals surface area contributed by atoms with Gasteiger partial charge in [0.2, 0.25) is 11.7 Å². The van der Waals surface area contributed by atoms with Gasteiger partial charge in [0.05, 0.1) is 12.0 Å². The Hall–Kier alpha value is -4.01. The van der Waals surface area contributed by atoms with E-state index in [4.69, 9.17) is 4.52 Å². The molecule has 1 amide bonds. The van der Waals surface area contributed by atoms with Gasteiger partial charge in [0.15, 0.2) is 0 Å². The molecule has 0 aliphatic carbocycles. The van der Waals surface area contributed by atoms with Crippen molar-refractivity contribution in [2.24, 2.45) is 0 Å². The lowest BCUT2D eigenvalue weighted by atomic mass is 10.1. The summed E-state index contributed by atoms with van der Waals surface area (Å²) in [4.78, 5) is 20.8. The molecule has 0 aliphatic rings. The van der Waals surface area contributed by atoms with E-state index < -0.39 is 17.6 Å². The van der Waals surface area contributed by atoms with Crippen molar-refractivity contribution in [1.82, 2.24) is 15.1 Å². The van der Waals surface area contributed by atoms with Crippen LogP contribution in [-0.2, 0) is 12.6 Å². The van der Waals surface area contributed by atoms with Crippen LogP contribution >= 0.6 is 0 Å². The van der Waals surface area contributed by atoms with Crippen LogP contribution in [0.4, 0.5) is 18.9 Å². The van der Waals surface area contributed by atoms with E-state index in [1.807, 2.05) is 0 Å². The van der Waals surface area contributed by atoms with Crippen molar-refractivity contribution in [2.45, 2.75) is 12.6 Å². The topological polar surface area (TPSA) is 80.9 Å². The van der Waals surface area contributed by atoms with E-state index in [2.05, 4.69) is 20.4 Å². The average molecular weight is 424 g/mol. The van der Waals surface area contributed by atoms with E-state index in [0.29, 0.717) is 23.0 Å². The fourth-order valence-electron chi connectivity index (χ4n) is 2.91. The minimum atomic E-state index is -4.46. The zero-order chi connectivity index (χ0) is 21.8. The van der Waals surface area contributed by atoms with Gasteiger partial charge in [0.25, 0.3) is 5.91 Å². The van der Waals surface area contributed by atoms with Crippen LogP contribution in [-0.4, -0.2) is 21.0 Å². The molecular formula is C22H15F3N4O2. The monoisotopic (exact) mass is 424 g/mol. The molecule has 4 rings (SSSR count). The summed E-state index contributed by atoms with van der Waals surface area (Å²) in [6, 6.07) is 14.6. The second-order valence-corrected chi connectivity index (χ2v) is 6.61. The number of hydrogen-bond acceptors (Lipinski definition) is 5. The molecule has 2 heterocycles. The summed E-state index contributed by atoms with van der Waals surface area (Å²) in [6.45, 7) is 0. The largest absolute Gasteiger partial charge is 0.416 e. The molecule has 2 aromatic heterocycles. The fraction of sp³-hybridized carbons (Fsp3) is 0.0909. The standard InChI is InChI=1S/C22H15F3N4O2/c23-22(24,25)17-7-5-15(6-8-17)21(30)27-18-4-2-1-3-16(18)13-19-28-20(29-31-19)14-9-11-26-12-10-14/h1-12H,13H2,(H,27,30). The Morgan fingerprint density at radius 2 is 1.68 bits per heavy atom. The van der Waals surface area contributed by atoms with Gasteiger partial charge in [-0.25, -0.2) is 0 Å². The zero-order valence-corrected chi connectivity index (χ0v) is 15.9. The quantitative estimate of drug-likeness (QED) is 0.488. The maximum absolute atomic E-state index is 12.7. The number of benzene rings is 2. The molecule has 0 saturated heterocycles. The van der Waals surface area contributed by atoms with E-state index in [1.54, 1.807) is 48.8 Å². The summed E-state index contributed by atoms with van der Waals surface area (Å²) in [5.74, 6) is 0.246. The molecule has 9 heteroatoms. The van der Waals surface area contributed by atoms with Crippen LogP contribution in [0.3, 0.4) is 0 Å². The van der Waals surface area contributed by atoms with Crippen LogP contribution in [0.15, 0.2) is 77.6 Å². The first kappa shape index (κ1) is 20.3. The maximum atomic E-state index is 12.7. The molecule has 0 spiro atoms. The van der Waals surface area contributed by atoms with Crippen LogP contribution in [0.2, 0.25) is 0 Å². The molecule has 6 nitrogen and oxygen atoms in total. The predicted molar refractivity (Wildman–Crippen MR) is 106 cm³/mol. The highest BCUT2D eigenvalue weighted by atomic mass is 19.4. The van der Waals surface area contributed by atoms with Gasteiger partial charge in [-0.15, -0.1) is 0 Å². The summed E-state index contributed by atoms with van der Waals surface area (Å²) >= 11 is 0. The van der Waals surface area contributed by atoms with Crippen molar-refractivity contribution in [3.63, 3.8) is 0 Å².